The molecule has 0 fully saturated rings. The molecule has 0 unspecified atom stereocenters. The summed E-state index contributed by atoms with van der Waals surface area (Å²) >= 11 is 1.17. The standard InChI is InChI=1S/C18H18F2N4OS/c1-11-5-3-6-12(2)17(11)25-9-15-22-23-18(24(15)21)26-10-13-7-4-8-14(19)16(13)20/h3-8H,9-10,21H2,1-2H3. The average molecular weight is 376 g/mol. The smallest absolute Gasteiger partial charge is 0.210 e. The van der Waals surface area contributed by atoms with Gasteiger partial charge < -0.3 is 10.6 Å². The van der Waals surface area contributed by atoms with E-state index in [1.165, 1.54) is 28.6 Å². The first-order chi connectivity index (χ1) is 12.5. The largest absolute Gasteiger partial charge is 0.485 e. The van der Waals surface area contributed by atoms with Crippen LogP contribution in [-0.4, -0.2) is 14.9 Å². The van der Waals surface area contributed by atoms with E-state index in [1.54, 1.807) is 0 Å². The van der Waals surface area contributed by atoms with E-state index in [4.69, 9.17) is 10.6 Å². The highest BCUT2D eigenvalue weighted by molar-refractivity contribution is 7.98. The highest BCUT2D eigenvalue weighted by atomic mass is 32.2. The van der Waals surface area contributed by atoms with Crippen molar-refractivity contribution < 1.29 is 13.5 Å². The molecule has 8 heteroatoms. The van der Waals surface area contributed by atoms with Gasteiger partial charge in [0.15, 0.2) is 17.5 Å². The van der Waals surface area contributed by atoms with Gasteiger partial charge >= 0.3 is 0 Å². The van der Waals surface area contributed by atoms with Gasteiger partial charge in [0, 0.05) is 11.3 Å². The fourth-order valence-corrected chi connectivity index (χ4v) is 3.32. The topological polar surface area (TPSA) is 66.0 Å². The molecule has 5 nitrogen and oxygen atoms in total. The van der Waals surface area contributed by atoms with E-state index < -0.39 is 11.6 Å². The monoisotopic (exact) mass is 376 g/mol. The number of rotatable bonds is 6. The first kappa shape index (κ1) is 18.2. The van der Waals surface area contributed by atoms with E-state index >= 15 is 0 Å². The predicted molar refractivity (Wildman–Crippen MR) is 96.3 cm³/mol. The first-order valence-electron chi connectivity index (χ1n) is 7.91. The summed E-state index contributed by atoms with van der Waals surface area (Å²) in [5.74, 6) is 5.68. The second-order valence-electron chi connectivity index (χ2n) is 5.78. The SMILES string of the molecule is Cc1cccc(C)c1OCc1nnc(SCc2cccc(F)c2F)n1N. The summed E-state index contributed by atoms with van der Waals surface area (Å²) in [5.41, 5.74) is 2.28. The number of benzene rings is 2. The van der Waals surface area contributed by atoms with Crippen molar-refractivity contribution >= 4 is 11.8 Å². The van der Waals surface area contributed by atoms with Gasteiger partial charge in [0.1, 0.15) is 12.4 Å². The van der Waals surface area contributed by atoms with Gasteiger partial charge in [0.2, 0.25) is 5.16 Å². The van der Waals surface area contributed by atoms with Crippen molar-refractivity contribution in [2.24, 2.45) is 0 Å². The maximum absolute atomic E-state index is 13.7. The minimum absolute atomic E-state index is 0.157. The molecule has 2 aromatic carbocycles. The second kappa shape index (κ2) is 7.74. The van der Waals surface area contributed by atoms with E-state index in [0.29, 0.717) is 11.0 Å². The van der Waals surface area contributed by atoms with Crippen LogP contribution in [0.5, 0.6) is 5.75 Å². The fourth-order valence-electron chi connectivity index (χ4n) is 2.47. The van der Waals surface area contributed by atoms with Crippen LogP contribution in [0.1, 0.15) is 22.5 Å². The zero-order valence-electron chi connectivity index (χ0n) is 14.4. The van der Waals surface area contributed by atoms with Crippen molar-refractivity contribution in [3.8, 4) is 5.75 Å². The number of thioether (sulfide) groups is 1. The van der Waals surface area contributed by atoms with Gasteiger partial charge in [0.05, 0.1) is 0 Å². The summed E-state index contributed by atoms with van der Waals surface area (Å²) in [6, 6.07) is 9.95. The Balaban J connectivity index is 1.67. The number of ether oxygens (including phenoxy) is 1. The summed E-state index contributed by atoms with van der Waals surface area (Å²) in [4.78, 5) is 0. The van der Waals surface area contributed by atoms with Gasteiger partial charge in [0.25, 0.3) is 0 Å². The number of para-hydroxylation sites is 1. The summed E-state index contributed by atoms with van der Waals surface area (Å²) < 4.78 is 34.1. The Bertz CT molecular complexity index is 909. The van der Waals surface area contributed by atoms with Crippen LogP contribution < -0.4 is 10.6 Å². The first-order valence-corrected chi connectivity index (χ1v) is 8.90. The maximum Gasteiger partial charge on any atom is 0.210 e. The lowest BCUT2D eigenvalue weighted by Gasteiger charge is -2.11. The van der Waals surface area contributed by atoms with Crippen LogP contribution in [0, 0.1) is 25.5 Å². The van der Waals surface area contributed by atoms with Crippen molar-refractivity contribution in [3.63, 3.8) is 0 Å². The number of hydrogen-bond acceptors (Lipinski definition) is 5. The number of hydrogen-bond donors (Lipinski definition) is 1. The van der Waals surface area contributed by atoms with Crippen molar-refractivity contribution in [2.75, 3.05) is 5.84 Å². The number of aromatic nitrogens is 3. The maximum atomic E-state index is 13.7. The van der Waals surface area contributed by atoms with Gasteiger partial charge in [-0.1, -0.05) is 42.1 Å². The van der Waals surface area contributed by atoms with Crippen LogP contribution in [0.2, 0.25) is 0 Å². The van der Waals surface area contributed by atoms with Crippen LogP contribution >= 0.6 is 11.8 Å². The lowest BCUT2D eigenvalue weighted by atomic mass is 10.1. The highest BCUT2D eigenvalue weighted by Crippen LogP contribution is 2.25. The molecule has 0 saturated carbocycles. The van der Waals surface area contributed by atoms with Crippen molar-refractivity contribution in [3.05, 3.63) is 70.5 Å². The number of aryl methyl sites for hydroxylation is 2. The number of nitrogen functional groups attached to an aromatic ring is 1. The molecule has 0 aliphatic carbocycles. The third-order valence-electron chi connectivity index (χ3n) is 3.88. The molecule has 136 valence electrons. The van der Waals surface area contributed by atoms with E-state index in [2.05, 4.69) is 10.2 Å². The van der Waals surface area contributed by atoms with Crippen molar-refractivity contribution in [1.29, 1.82) is 0 Å². The molecule has 0 aliphatic heterocycles. The zero-order valence-corrected chi connectivity index (χ0v) is 15.2. The second-order valence-corrected chi connectivity index (χ2v) is 6.72. The molecule has 3 aromatic rings. The van der Waals surface area contributed by atoms with Gasteiger partial charge in [-0.2, -0.15) is 0 Å². The van der Waals surface area contributed by atoms with Crippen LogP contribution in [0.4, 0.5) is 8.78 Å². The van der Waals surface area contributed by atoms with Gasteiger partial charge in [-0.3, -0.25) is 0 Å². The van der Waals surface area contributed by atoms with E-state index in [9.17, 15) is 8.78 Å². The predicted octanol–water partition coefficient (Wildman–Crippen LogP) is 3.76. The summed E-state index contributed by atoms with van der Waals surface area (Å²) in [6.07, 6.45) is 0. The van der Waals surface area contributed by atoms with E-state index in [0.717, 1.165) is 22.9 Å². The Morgan fingerprint density at radius 1 is 1.08 bits per heavy atom. The summed E-state index contributed by atoms with van der Waals surface area (Å²) in [6.45, 7) is 4.08. The molecule has 0 saturated heterocycles. The van der Waals surface area contributed by atoms with Gasteiger partial charge in [-0.15, -0.1) is 10.2 Å². The highest BCUT2D eigenvalue weighted by Gasteiger charge is 2.14. The molecule has 0 aliphatic rings. The van der Waals surface area contributed by atoms with Gasteiger partial charge in [-0.05, 0) is 31.0 Å². The molecule has 0 bridgehead atoms. The fraction of sp³-hybridized carbons (Fsp3) is 0.222. The Hall–Kier alpha value is -2.61. The van der Waals surface area contributed by atoms with Crippen LogP contribution in [0.3, 0.4) is 0 Å². The lowest BCUT2D eigenvalue weighted by molar-refractivity contribution is 0.288. The van der Waals surface area contributed by atoms with Crippen LogP contribution in [0.15, 0.2) is 41.6 Å². The molecule has 2 N–H and O–H groups in total. The number of halogens is 2. The normalized spacial score (nSPS) is 10.9. The molecule has 0 spiro atoms. The van der Waals surface area contributed by atoms with E-state index in [1.807, 2.05) is 32.0 Å². The summed E-state index contributed by atoms with van der Waals surface area (Å²) in [7, 11) is 0. The minimum atomic E-state index is -0.875. The van der Waals surface area contributed by atoms with Crippen LogP contribution in [-0.2, 0) is 12.4 Å². The minimum Gasteiger partial charge on any atom is -0.485 e. The molecular weight excluding hydrogens is 358 g/mol. The molecule has 0 atom stereocenters. The Kier molecular flexibility index (Phi) is 5.41. The molecule has 1 heterocycles. The van der Waals surface area contributed by atoms with Crippen molar-refractivity contribution in [1.82, 2.24) is 14.9 Å². The third kappa shape index (κ3) is 3.80. The molecule has 3 rings (SSSR count). The molecule has 26 heavy (non-hydrogen) atoms. The molecule has 0 radical (unpaired) electrons. The quantitative estimate of drug-likeness (QED) is 0.524. The molecule has 0 amide bonds. The Morgan fingerprint density at radius 3 is 2.50 bits per heavy atom. The van der Waals surface area contributed by atoms with Crippen LogP contribution in [0.25, 0.3) is 0 Å². The molecule has 1 aromatic heterocycles. The number of nitrogens with two attached hydrogens (primary N) is 1. The zero-order chi connectivity index (χ0) is 18.7. The lowest BCUT2D eigenvalue weighted by Crippen LogP contribution is -2.16. The Morgan fingerprint density at radius 2 is 1.77 bits per heavy atom. The number of nitrogens with zero attached hydrogens (tertiary/aromatic N) is 3. The third-order valence-corrected chi connectivity index (χ3v) is 4.87. The average Bonchev–Trinajstić information content (AvgIpc) is 2.96. The molecular formula is C18H18F2N4OS. The van der Waals surface area contributed by atoms with Gasteiger partial charge in [-0.25, -0.2) is 13.5 Å². The van der Waals surface area contributed by atoms with E-state index in [-0.39, 0.29) is 17.9 Å². The Labute approximate surface area is 154 Å². The summed E-state index contributed by atoms with van der Waals surface area (Å²) in [5, 5.41) is 8.41. The van der Waals surface area contributed by atoms with Crippen molar-refractivity contribution in [2.45, 2.75) is 31.4 Å².